The number of rotatable bonds is 1. The van der Waals surface area contributed by atoms with E-state index in [0.717, 1.165) is 12.8 Å². The van der Waals surface area contributed by atoms with Crippen molar-refractivity contribution < 1.29 is 4.79 Å². The van der Waals surface area contributed by atoms with Crippen molar-refractivity contribution in [1.82, 2.24) is 5.32 Å². The highest BCUT2D eigenvalue weighted by atomic mass is 16.1. The summed E-state index contributed by atoms with van der Waals surface area (Å²) in [5, 5.41) is 3.24. The van der Waals surface area contributed by atoms with E-state index in [2.05, 4.69) is 36.5 Å². The van der Waals surface area contributed by atoms with Gasteiger partial charge in [-0.2, -0.15) is 0 Å². The monoisotopic (exact) mass is 239 g/mol. The molecule has 2 nitrogen and oxygen atoms in total. The minimum absolute atomic E-state index is 0.0846. The van der Waals surface area contributed by atoms with Crippen molar-refractivity contribution in [2.24, 2.45) is 0 Å². The zero-order valence-corrected chi connectivity index (χ0v) is 10.8. The second kappa shape index (κ2) is 4.13. The molecular formula is C16H17NO. The van der Waals surface area contributed by atoms with Gasteiger partial charge in [-0.1, -0.05) is 24.3 Å². The van der Waals surface area contributed by atoms with Gasteiger partial charge < -0.3 is 5.32 Å². The van der Waals surface area contributed by atoms with Crippen molar-refractivity contribution in [3.63, 3.8) is 0 Å². The van der Waals surface area contributed by atoms with Crippen LogP contribution in [-0.2, 0) is 11.2 Å². The molecule has 0 saturated carbocycles. The zero-order valence-electron chi connectivity index (χ0n) is 10.8. The third kappa shape index (κ3) is 1.69. The van der Waals surface area contributed by atoms with Crippen molar-refractivity contribution in [2.45, 2.75) is 32.7 Å². The Kier molecular flexibility index (Phi) is 2.58. The highest BCUT2D eigenvalue weighted by Crippen LogP contribution is 2.39. The number of nitrogens with one attached hydrogen (secondary N) is 1. The van der Waals surface area contributed by atoms with Gasteiger partial charge in [0, 0.05) is 12.6 Å². The van der Waals surface area contributed by atoms with Gasteiger partial charge in [0.05, 0.1) is 6.04 Å². The minimum atomic E-state index is -0.0846. The van der Waals surface area contributed by atoms with Crippen molar-refractivity contribution in [2.75, 3.05) is 0 Å². The smallest absolute Gasteiger partial charge is 0.152 e. The summed E-state index contributed by atoms with van der Waals surface area (Å²) in [7, 11) is 0. The highest BCUT2D eigenvalue weighted by Gasteiger charge is 2.27. The SMILES string of the molecule is CC(=O)C1CC2=C(Cc3ccccc32)C(C)=CN1. The molecule has 1 aromatic rings. The van der Waals surface area contributed by atoms with E-state index in [4.69, 9.17) is 0 Å². The molecule has 0 bridgehead atoms. The second-order valence-corrected chi connectivity index (χ2v) is 5.15. The fourth-order valence-electron chi connectivity index (χ4n) is 2.88. The molecular weight excluding hydrogens is 222 g/mol. The minimum Gasteiger partial charge on any atom is -0.381 e. The molecule has 1 heterocycles. The van der Waals surface area contributed by atoms with Gasteiger partial charge in [0.15, 0.2) is 5.78 Å². The van der Waals surface area contributed by atoms with E-state index < -0.39 is 0 Å². The van der Waals surface area contributed by atoms with Gasteiger partial charge in [0.2, 0.25) is 0 Å². The van der Waals surface area contributed by atoms with Gasteiger partial charge in [0.25, 0.3) is 0 Å². The van der Waals surface area contributed by atoms with Gasteiger partial charge in [-0.25, -0.2) is 0 Å². The van der Waals surface area contributed by atoms with Gasteiger partial charge in [-0.3, -0.25) is 4.79 Å². The molecule has 1 unspecified atom stereocenters. The number of carbonyl (C=O) groups is 1. The van der Waals surface area contributed by atoms with Crippen LogP contribution in [0.25, 0.3) is 5.57 Å². The van der Waals surface area contributed by atoms with E-state index in [1.807, 2.05) is 6.20 Å². The maximum absolute atomic E-state index is 11.6. The van der Waals surface area contributed by atoms with Crippen LogP contribution in [0.3, 0.4) is 0 Å². The molecule has 1 aliphatic heterocycles. The lowest BCUT2D eigenvalue weighted by Gasteiger charge is -2.14. The fourth-order valence-corrected chi connectivity index (χ4v) is 2.88. The molecule has 0 fully saturated rings. The van der Waals surface area contributed by atoms with Crippen LogP contribution in [0.15, 0.2) is 41.6 Å². The first kappa shape index (κ1) is 11.3. The Balaban J connectivity index is 2.08. The second-order valence-electron chi connectivity index (χ2n) is 5.15. The summed E-state index contributed by atoms with van der Waals surface area (Å²) < 4.78 is 0. The molecule has 3 rings (SSSR count). The first-order valence-electron chi connectivity index (χ1n) is 6.41. The summed E-state index contributed by atoms with van der Waals surface area (Å²) in [6.07, 6.45) is 3.80. The van der Waals surface area contributed by atoms with Crippen LogP contribution in [-0.4, -0.2) is 11.8 Å². The number of allylic oxidation sites excluding steroid dienone is 2. The third-order valence-electron chi connectivity index (χ3n) is 3.95. The van der Waals surface area contributed by atoms with Crippen molar-refractivity contribution in [3.8, 4) is 0 Å². The molecule has 1 aromatic carbocycles. The highest BCUT2D eigenvalue weighted by molar-refractivity contribution is 5.88. The molecule has 0 radical (unpaired) electrons. The standard InChI is InChI=1S/C16H17NO/c1-10-9-17-16(11(2)18)8-15-13-6-4-3-5-12(13)7-14(10)15/h3-6,9,16-17H,7-8H2,1-2H3. The lowest BCUT2D eigenvalue weighted by molar-refractivity contribution is -0.118. The van der Waals surface area contributed by atoms with Crippen LogP contribution < -0.4 is 5.32 Å². The quantitative estimate of drug-likeness (QED) is 0.816. The maximum atomic E-state index is 11.6. The Morgan fingerprint density at radius 2 is 2.06 bits per heavy atom. The maximum Gasteiger partial charge on any atom is 0.152 e. The topological polar surface area (TPSA) is 29.1 Å². The predicted molar refractivity (Wildman–Crippen MR) is 73.0 cm³/mol. The molecule has 0 aromatic heterocycles. The summed E-state index contributed by atoms with van der Waals surface area (Å²) in [6, 6.07) is 8.44. The summed E-state index contributed by atoms with van der Waals surface area (Å²) in [4.78, 5) is 11.6. The number of fused-ring (bicyclic) bond motifs is 2. The van der Waals surface area contributed by atoms with Gasteiger partial charge in [-0.05, 0) is 48.1 Å². The molecule has 18 heavy (non-hydrogen) atoms. The third-order valence-corrected chi connectivity index (χ3v) is 3.95. The zero-order chi connectivity index (χ0) is 12.7. The van der Waals surface area contributed by atoms with Crippen LogP contribution in [0.1, 0.15) is 31.4 Å². The molecule has 0 saturated heterocycles. The van der Waals surface area contributed by atoms with Crippen LogP contribution in [0.2, 0.25) is 0 Å². The molecule has 1 aliphatic carbocycles. The Bertz CT molecular complexity index is 581. The lowest BCUT2D eigenvalue weighted by atomic mass is 9.96. The van der Waals surface area contributed by atoms with Crippen molar-refractivity contribution >= 4 is 11.4 Å². The lowest BCUT2D eigenvalue weighted by Crippen LogP contribution is -2.31. The number of ketones is 1. The predicted octanol–water partition coefficient (Wildman–Crippen LogP) is 2.85. The van der Waals surface area contributed by atoms with E-state index in [-0.39, 0.29) is 11.8 Å². The van der Waals surface area contributed by atoms with Crippen LogP contribution >= 0.6 is 0 Å². The average molecular weight is 239 g/mol. The van der Waals surface area contributed by atoms with Crippen LogP contribution in [0.4, 0.5) is 0 Å². The Morgan fingerprint density at radius 3 is 2.83 bits per heavy atom. The number of hydrogen-bond acceptors (Lipinski definition) is 2. The van der Waals surface area contributed by atoms with Gasteiger partial charge in [0.1, 0.15) is 0 Å². The van der Waals surface area contributed by atoms with Crippen LogP contribution in [0.5, 0.6) is 0 Å². The van der Waals surface area contributed by atoms with Crippen LogP contribution in [0, 0.1) is 0 Å². The van der Waals surface area contributed by atoms with Crippen molar-refractivity contribution in [3.05, 3.63) is 52.7 Å². The van der Waals surface area contributed by atoms with E-state index >= 15 is 0 Å². The number of benzene rings is 1. The van der Waals surface area contributed by atoms with Gasteiger partial charge in [-0.15, -0.1) is 0 Å². The first-order chi connectivity index (χ1) is 8.66. The molecule has 1 N–H and O–H groups in total. The Labute approximate surface area is 107 Å². The number of Topliss-reactive ketones (excluding diaryl/α,β-unsaturated/α-hetero) is 1. The number of hydrogen-bond donors (Lipinski definition) is 1. The van der Waals surface area contributed by atoms with E-state index in [0.29, 0.717) is 0 Å². The molecule has 2 heteroatoms. The van der Waals surface area contributed by atoms with Crippen molar-refractivity contribution in [1.29, 1.82) is 0 Å². The average Bonchev–Trinajstić information content (AvgIpc) is 2.64. The number of carbonyl (C=O) groups excluding carboxylic acids is 1. The van der Waals surface area contributed by atoms with E-state index in [1.165, 1.54) is 27.8 Å². The summed E-state index contributed by atoms with van der Waals surface area (Å²) in [5.74, 6) is 0.206. The summed E-state index contributed by atoms with van der Waals surface area (Å²) in [5.41, 5.74) is 6.72. The first-order valence-corrected chi connectivity index (χ1v) is 6.41. The fraction of sp³-hybridized carbons (Fsp3) is 0.312. The largest absolute Gasteiger partial charge is 0.381 e. The normalized spacial score (nSPS) is 21.7. The molecule has 2 aliphatic rings. The molecule has 92 valence electrons. The molecule has 0 amide bonds. The van der Waals surface area contributed by atoms with Gasteiger partial charge >= 0.3 is 0 Å². The molecule has 0 spiro atoms. The summed E-state index contributed by atoms with van der Waals surface area (Å²) >= 11 is 0. The van der Waals surface area contributed by atoms with E-state index in [9.17, 15) is 4.79 Å². The van der Waals surface area contributed by atoms with E-state index in [1.54, 1.807) is 6.92 Å². The summed E-state index contributed by atoms with van der Waals surface area (Å²) in [6.45, 7) is 3.78. The Morgan fingerprint density at radius 1 is 1.28 bits per heavy atom. The molecule has 1 atom stereocenters. The Hall–Kier alpha value is -1.83.